The molecule has 3 heteroatoms. The van der Waals surface area contributed by atoms with Crippen LogP contribution < -0.4 is 5.73 Å². The van der Waals surface area contributed by atoms with Gasteiger partial charge in [-0.3, -0.25) is 0 Å². The average molecular weight is 196 g/mol. The zero-order valence-corrected chi connectivity index (χ0v) is 8.76. The lowest BCUT2D eigenvalue weighted by atomic mass is 9.95. The Kier molecular flexibility index (Phi) is 2.65. The van der Waals surface area contributed by atoms with Crippen LogP contribution in [0.3, 0.4) is 0 Å². The van der Waals surface area contributed by atoms with Crippen LogP contribution in [-0.2, 0) is 6.42 Å². The van der Waals surface area contributed by atoms with Gasteiger partial charge in [0, 0.05) is 24.0 Å². The van der Waals surface area contributed by atoms with Crippen LogP contribution in [0.15, 0.2) is 11.6 Å². The van der Waals surface area contributed by atoms with E-state index in [1.54, 1.807) is 11.3 Å². The third-order valence-electron chi connectivity index (χ3n) is 2.93. The molecule has 1 fully saturated rings. The highest BCUT2D eigenvalue weighted by molar-refractivity contribution is 7.09. The van der Waals surface area contributed by atoms with Crippen molar-refractivity contribution >= 4 is 11.3 Å². The summed E-state index contributed by atoms with van der Waals surface area (Å²) in [5.41, 5.74) is 6.12. The molecule has 0 bridgehead atoms. The van der Waals surface area contributed by atoms with Crippen molar-refractivity contribution < 1.29 is 0 Å². The molecule has 1 saturated carbocycles. The molecule has 0 radical (unpaired) electrons. The van der Waals surface area contributed by atoms with Crippen LogP contribution in [0, 0.1) is 11.8 Å². The average Bonchev–Trinajstić information content (AvgIpc) is 2.85. The van der Waals surface area contributed by atoms with Gasteiger partial charge in [0.25, 0.3) is 0 Å². The first-order chi connectivity index (χ1) is 6.27. The van der Waals surface area contributed by atoms with Crippen LogP contribution in [0.2, 0.25) is 0 Å². The molecular weight excluding hydrogens is 180 g/mol. The Labute approximate surface area is 83.2 Å². The van der Waals surface area contributed by atoms with E-state index in [4.69, 9.17) is 5.73 Å². The molecule has 0 amide bonds. The summed E-state index contributed by atoms with van der Waals surface area (Å²) in [4.78, 5) is 4.26. The van der Waals surface area contributed by atoms with E-state index in [1.165, 1.54) is 17.8 Å². The molecule has 0 spiro atoms. The minimum absolute atomic E-state index is 0.304. The summed E-state index contributed by atoms with van der Waals surface area (Å²) in [6.07, 6.45) is 5.57. The minimum Gasteiger partial charge on any atom is -0.327 e. The van der Waals surface area contributed by atoms with Crippen LogP contribution in [0.5, 0.6) is 0 Å². The molecule has 72 valence electrons. The van der Waals surface area contributed by atoms with E-state index in [0.717, 1.165) is 12.3 Å². The predicted octanol–water partition coefficient (Wildman–Crippen LogP) is 2.06. The first kappa shape index (κ1) is 9.16. The van der Waals surface area contributed by atoms with E-state index in [0.29, 0.717) is 12.0 Å². The van der Waals surface area contributed by atoms with Gasteiger partial charge in [-0.15, -0.1) is 11.3 Å². The van der Waals surface area contributed by atoms with Gasteiger partial charge in [0.1, 0.15) is 0 Å². The molecule has 2 rings (SSSR count). The van der Waals surface area contributed by atoms with Crippen LogP contribution in [0.25, 0.3) is 0 Å². The summed E-state index contributed by atoms with van der Waals surface area (Å²) < 4.78 is 0. The molecule has 2 nitrogen and oxygen atoms in total. The molecule has 0 aromatic carbocycles. The first-order valence-corrected chi connectivity index (χ1v) is 5.79. The van der Waals surface area contributed by atoms with Crippen LogP contribution in [-0.4, -0.2) is 11.0 Å². The summed E-state index contributed by atoms with van der Waals surface area (Å²) in [6, 6.07) is 0.304. The number of rotatable bonds is 4. The molecule has 0 saturated heterocycles. The van der Waals surface area contributed by atoms with Gasteiger partial charge in [-0.05, 0) is 24.7 Å². The van der Waals surface area contributed by atoms with E-state index in [-0.39, 0.29) is 0 Å². The molecule has 2 N–H and O–H groups in total. The number of aromatic nitrogens is 1. The van der Waals surface area contributed by atoms with E-state index >= 15 is 0 Å². The topological polar surface area (TPSA) is 38.9 Å². The summed E-state index contributed by atoms with van der Waals surface area (Å²) in [5, 5.41) is 3.20. The molecule has 0 aliphatic heterocycles. The molecule has 1 aliphatic carbocycles. The van der Waals surface area contributed by atoms with E-state index < -0.39 is 0 Å². The zero-order chi connectivity index (χ0) is 9.26. The molecule has 2 unspecified atom stereocenters. The van der Waals surface area contributed by atoms with Gasteiger partial charge >= 0.3 is 0 Å². The summed E-state index contributed by atoms with van der Waals surface area (Å²) in [5.74, 6) is 1.57. The fraction of sp³-hybridized carbons (Fsp3) is 0.700. The van der Waals surface area contributed by atoms with Crippen molar-refractivity contribution in [3.8, 4) is 0 Å². The SMILES string of the molecule is CC(C(N)Cc1nccs1)C1CC1. The second-order valence-corrected chi connectivity index (χ2v) is 4.97. The zero-order valence-electron chi connectivity index (χ0n) is 7.94. The molecule has 1 aromatic heterocycles. The molecule has 2 atom stereocenters. The van der Waals surface area contributed by atoms with Crippen molar-refractivity contribution in [2.45, 2.75) is 32.2 Å². The van der Waals surface area contributed by atoms with Crippen molar-refractivity contribution in [3.63, 3.8) is 0 Å². The van der Waals surface area contributed by atoms with Gasteiger partial charge in [0.2, 0.25) is 0 Å². The minimum atomic E-state index is 0.304. The van der Waals surface area contributed by atoms with Gasteiger partial charge in [0.05, 0.1) is 5.01 Å². The number of nitrogens with zero attached hydrogens (tertiary/aromatic N) is 1. The Bertz CT molecular complexity index is 254. The maximum absolute atomic E-state index is 6.12. The van der Waals surface area contributed by atoms with Crippen LogP contribution >= 0.6 is 11.3 Å². The number of hydrogen-bond donors (Lipinski definition) is 1. The van der Waals surface area contributed by atoms with Gasteiger partial charge in [0.15, 0.2) is 0 Å². The molecule has 13 heavy (non-hydrogen) atoms. The normalized spacial score (nSPS) is 21.4. The summed E-state index contributed by atoms with van der Waals surface area (Å²) >= 11 is 1.71. The maximum atomic E-state index is 6.12. The van der Waals surface area contributed by atoms with Gasteiger partial charge in [-0.25, -0.2) is 4.98 Å². The number of hydrogen-bond acceptors (Lipinski definition) is 3. The fourth-order valence-electron chi connectivity index (χ4n) is 1.71. The Morgan fingerprint density at radius 1 is 1.69 bits per heavy atom. The smallest absolute Gasteiger partial charge is 0.0940 e. The molecule has 1 aliphatic rings. The lowest BCUT2D eigenvalue weighted by molar-refractivity contribution is 0.404. The van der Waals surface area contributed by atoms with E-state index in [1.807, 2.05) is 11.6 Å². The van der Waals surface area contributed by atoms with Crippen molar-refractivity contribution in [2.24, 2.45) is 17.6 Å². The van der Waals surface area contributed by atoms with E-state index in [2.05, 4.69) is 11.9 Å². The van der Waals surface area contributed by atoms with Gasteiger partial charge < -0.3 is 5.73 Å². The lowest BCUT2D eigenvalue weighted by Gasteiger charge is -2.17. The highest BCUT2D eigenvalue weighted by atomic mass is 32.1. The molecule has 1 aromatic rings. The largest absolute Gasteiger partial charge is 0.327 e. The Morgan fingerprint density at radius 3 is 3.00 bits per heavy atom. The van der Waals surface area contributed by atoms with Gasteiger partial charge in [-0.1, -0.05) is 6.92 Å². The van der Waals surface area contributed by atoms with Crippen molar-refractivity contribution in [2.75, 3.05) is 0 Å². The van der Waals surface area contributed by atoms with Crippen LogP contribution in [0.4, 0.5) is 0 Å². The second-order valence-electron chi connectivity index (χ2n) is 3.99. The Morgan fingerprint density at radius 2 is 2.46 bits per heavy atom. The van der Waals surface area contributed by atoms with Crippen LogP contribution in [0.1, 0.15) is 24.8 Å². The fourth-order valence-corrected chi connectivity index (χ4v) is 2.40. The molecular formula is C10H16N2S. The highest BCUT2D eigenvalue weighted by Gasteiger charge is 2.31. The Balaban J connectivity index is 1.86. The summed E-state index contributed by atoms with van der Waals surface area (Å²) in [7, 11) is 0. The number of thiazole rings is 1. The number of nitrogens with two attached hydrogens (primary N) is 1. The predicted molar refractivity (Wildman–Crippen MR) is 55.7 cm³/mol. The monoisotopic (exact) mass is 196 g/mol. The third-order valence-corrected chi connectivity index (χ3v) is 3.74. The lowest BCUT2D eigenvalue weighted by Crippen LogP contribution is -2.31. The second kappa shape index (κ2) is 3.76. The molecule has 1 heterocycles. The highest BCUT2D eigenvalue weighted by Crippen LogP contribution is 2.38. The summed E-state index contributed by atoms with van der Waals surface area (Å²) in [6.45, 7) is 2.27. The van der Waals surface area contributed by atoms with Gasteiger partial charge in [-0.2, -0.15) is 0 Å². The quantitative estimate of drug-likeness (QED) is 0.800. The maximum Gasteiger partial charge on any atom is 0.0940 e. The van der Waals surface area contributed by atoms with Crippen molar-refractivity contribution in [1.29, 1.82) is 0 Å². The first-order valence-electron chi connectivity index (χ1n) is 4.91. The van der Waals surface area contributed by atoms with E-state index in [9.17, 15) is 0 Å². The van der Waals surface area contributed by atoms with Crippen molar-refractivity contribution in [3.05, 3.63) is 16.6 Å². The standard InChI is InChI=1S/C10H16N2S/c1-7(8-2-3-8)9(11)6-10-12-4-5-13-10/h4-5,7-9H,2-3,6,11H2,1H3. The third kappa shape index (κ3) is 2.29. The van der Waals surface area contributed by atoms with Crippen molar-refractivity contribution in [1.82, 2.24) is 4.98 Å². The Hall–Kier alpha value is -0.410.